The summed E-state index contributed by atoms with van der Waals surface area (Å²) in [5.41, 5.74) is 1.82. The number of hydrogen-bond acceptors (Lipinski definition) is 3. The SMILES string of the molecule is CNC(C)c1cccc(NC(=O)Nc2ccc(Cl)cn2)c1. The Bertz CT molecular complexity index is 615. The number of anilines is 2. The van der Waals surface area contributed by atoms with E-state index in [1.807, 2.05) is 31.3 Å². The number of nitrogens with zero attached hydrogens (tertiary/aromatic N) is 1. The summed E-state index contributed by atoms with van der Waals surface area (Å²) in [7, 11) is 1.89. The molecule has 2 rings (SSSR count). The smallest absolute Gasteiger partial charge is 0.313 e. The normalized spacial score (nSPS) is 11.8. The van der Waals surface area contributed by atoms with E-state index < -0.39 is 0 Å². The second kappa shape index (κ2) is 7.06. The fraction of sp³-hybridized carbons (Fsp3) is 0.200. The van der Waals surface area contributed by atoms with Crippen LogP contribution in [0.25, 0.3) is 0 Å². The van der Waals surface area contributed by atoms with Crippen molar-refractivity contribution in [3.05, 3.63) is 53.2 Å². The first-order valence-corrected chi connectivity index (χ1v) is 6.93. The predicted octanol–water partition coefficient (Wildman–Crippen LogP) is 3.66. The number of pyridine rings is 1. The van der Waals surface area contributed by atoms with Gasteiger partial charge in [0.25, 0.3) is 0 Å². The van der Waals surface area contributed by atoms with Gasteiger partial charge in [-0.1, -0.05) is 23.7 Å². The minimum absolute atomic E-state index is 0.216. The minimum Gasteiger partial charge on any atom is -0.313 e. The van der Waals surface area contributed by atoms with Crippen molar-refractivity contribution < 1.29 is 4.79 Å². The van der Waals surface area contributed by atoms with Crippen LogP contribution in [0.1, 0.15) is 18.5 Å². The minimum atomic E-state index is -0.348. The monoisotopic (exact) mass is 304 g/mol. The number of nitrogens with one attached hydrogen (secondary N) is 3. The van der Waals surface area contributed by atoms with E-state index in [-0.39, 0.29) is 12.1 Å². The summed E-state index contributed by atoms with van der Waals surface area (Å²) in [4.78, 5) is 15.9. The van der Waals surface area contributed by atoms with Crippen LogP contribution in [0.4, 0.5) is 16.3 Å². The number of rotatable bonds is 4. The van der Waals surface area contributed by atoms with Crippen molar-refractivity contribution in [2.24, 2.45) is 0 Å². The van der Waals surface area contributed by atoms with Crippen LogP contribution in [0.2, 0.25) is 5.02 Å². The molecule has 110 valence electrons. The Morgan fingerprint density at radius 1 is 1.24 bits per heavy atom. The van der Waals surface area contributed by atoms with E-state index in [9.17, 15) is 4.79 Å². The highest BCUT2D eigenvalue weighted by Crippen LogP contribution is 2.17. The molecule has 6 heteroatoms. The summed E-state index contributed by atoms with van der Waals surface area (Å²) in [6.45, 7) is 2.05. The van der Waals surface area contributed by atoms with Crippen LogP contribution < -0.4 is 16.0 Å². The van der Waals surface area contributed by atoms with E-state index in [4.69, 9.17) is 11.6 Å². The van der Waals surface area contributed by atoms with Gasteiger partial charge in [-0.2, -0.15) is 0 Å². The number of urea groups is 1. The Morgan fingerprint density at radius 3 is 2.71 bits per heavy atom. The van der Waals surface area contributed by atoms with Gasteiger partial charge in [0.2, 0.25) is 0 Å². The maximum Gasteiger partial charge on any atom is 0.324 e. The number of carbonyl (C=O) groups excluding carboxylic acids is 1. The Hall–Kier alpha value is -2.11. The lowest BCUT2D eigenvalue weighted by atomic mass is 10.1. The van der Waals surface area contributed by atoms with E-state index in [1.165, 1.54) is 6.20 Å². The molecule has 1 aromatic carbocycles. The Kier molecular flexibility index (Phi) is 5.14. The molecule has 2 aromatic rings. The molecule has 0 saturated heterocycles. The zero-order valence-corrected chi connectivity index (χ0v) is 12.6. The molecule has 21 heavy (non-hydrogen) atoms. The third-order valence-electron chi connectivity index (χ3n) is 3.05. The first-order valence-electron chi connectivity index (χ1n) is 6.55. The van der Waals surface area contributed by atoms with Crippen LogP contribution in [-0.4, -0.2) is 18.1 Å². The summed E-state index contributed by atoms with van der Waals surface area (Å²) in [6.07, 6.45) is 1.48. The first kappa shape index (κ1) is 15.3. The van der Waals surface area contributed by atoms with Gasteiger partial charge in [-0.15, -0.1) is 0 Å². The van der Waals surface area contributed by atoms with Crippen LogP contribution >= 0.6 is 11.6 Å². The van der Waals surface area contributed by atoms with Gasteiger partial charge in [-0.05, 0) is 43.8 Å². The first-order chi connectivity index (χ1) is 10.1. The van der Waals surface area contributed by atoms with Crippen molar-refractivity contribution in [3.8, 4) is 0 Å². The zero-order valence-electron chi connectivity index (χ0n) is 11.9. The molecule has 1 aromatic heterocycles. The largest absolute Gasteiger partial charge is 0.324 e. The second-order valence-electron chi connectivity index (χ2n) is 4.58. The van der Waals surface area contributed by atoms with E-state index >= 15 is 0 Å². The van der Waals surface area contributed by atoms with Gasteiger partial charge < -0.3 is 10.6 Å². The summed E-state index contributed by atoms with van der Waals surface area (Å²) in [5, 5.41) is 9.10. The molecule has 0 aliphatic heterocycles. The Balaban J connectivity index is 2.01. The van der Waals surface area contributed by atoms with Gasteiger partial charge >= 0.3 is 6.03 Å². The van der Waals surface area contributed by atoms with Crippen LogP contribution in [0, 0.1) is 0 Å². The number of benzene rings is 1. The van der Waals surface area contributed by atoms with Crippen molar-refractivity contribution in [1.82, 2.24) is 10.3 Å². The fourth-order valence-corrected chi connectivity index (χ4v) is 1.89. The van der Waals surface area contributed by atoms with Gasteiger partial charge in [-0.3, -0.25) is 5.32 Å². The van der Waals surface area contributed by atoms with Crippen molar-refractivity contribution in [3.63, 3.8) is 0 Å². The van der Waals surface area contributed by atoms with Gasteiger partial charge in [0.05, 0.1) is 5.02 Å². The fourth-order valence-electron chi connectivity index (χ4n) is 1.78. The topological polar surface area (TPSA) is 66.0 Å². The Morgan fingerprint density at radius 2 is 2.05 bits per heavy atom. The molecule has 0 aliphatic rings. The maximum absolute atomic E-state index is 11.9. The van der Waals surface area contributed by atoms with Crippen molar-refractivity contribution in [1.29, 1.82) is 0 Å². The van der Waals surface area contributed by atoms with E-state index in [2.05, 4.69) is 27.9 Å². The molecular formula is C15H17ClN4O. The van der Waals surface area contributed by atoms with Gasteiger partial charge in [-0.25, -0.2) is 9.78 Å². The van der Waals surface area contributed by atoms with Crippen molar-refractivity contribution >= 4 is 29.1 Å². The number of carbonyl (C=O) groups is 1. The van der Waals surface area contributed by atoms with Gasteiger partial charge in [0.15, 0.2) is 0 Å². The summed E-state index contributed by atoms with van der Waals surface area (Å²) in [5.74, 6) is 0.441. The number of amides is 2. The lowest BCUT2D eigenvalue weighted by molar-refractivity contribution is 0.262. The molecule has 3 N–H and O–H groups in total. The second-order valence-corrected chi connectivity index (χ2v) is 5.01. The quantitative estimate of drug-likeness (QED) is 0.807. The zero-order chi connectivity index (χ0) is 15.2. The average molecular weight is 305 g/mol. The van der Waals surface area contributed by atoms with Crippen LogP contribution in [0.3, 0.4) is 0 Å². The maximum atomic E-state index is 11.9. The molecule has 0 spiro atoms. The lowest BCUT2D eigenvalue weighted by Gasteiger charge is -2.13. The van der Waals surface area contributed by atoms with E-state index in [1.54, 1.807) is 12.1 Å². The molecule has 0 radical (unpaired) electrons. The predicted molar refractivity (Wildman–Crippen MR) is 85.8 cm³/mol. The average Bonchev–Trinajstić information content (AvgIpc) is 2.49. The number of aromatic nitrogens is 1. The third-order valence-corrected chi connectivity index (χ3v) is 3.27. The summed E-state index contributed by atoms with van der Waals surface area (Å²) in [6, 6.07) is 10.8. The standard InChI is InChI=1S/C15H17ClN4O/c1-10(17-2)11-4-3-5-13(8-11)19-15(21)20-14-7-6-12(16)9-18-14/h3-10,17H,1-2H3,(H2,18,19,20,21). The molecule has 1 heterocycles. The molecule has 0 fully saturated rings. The molecule has 0 aliphatic carbocycles. The van der Waals surface area contributed by atoms with E-state index in [0.717, 1.165) is 11.3 Å². The van der Waals surface area contributed by atoms with Crippen LogP contribution in [0.5, 0.6) is 0 Å². The van der Waals surface area contributed by atoms with Crippen molar-refractivity contribution in [2.45, 2.75) is 13.0 Å². The summed E-state index contributed by atoms with van der Waals surface area (Å²) >= 11 is 5.74. The highest BCUT2D eigenvalue weighted by molar-refractivity contribution is 6.30. The Labute approximate surface area is 128 Å². The van der Waals surface area contributed by atoms with Crippen LogP contribution in [-0.2, 0) is 0 Å². The van der Waals surface area contributed by atoms with Gasteiger partial charge in [0, 0.05) is 17.9 Å². The molecular weight excluding hydrogens is 288 g/mol. The lowest BCUT2D eigenvalue weighted by Crippen LogP contribution is -2.20. The molecule has 1 atom stereocenters. The highest BCUT2D eigenvalue weighted by atomic mass is 35.5. The van der Waals surface area contributed by atoms with Gasteiger partial charge in [0.1, 0.15) is 5.82 Å². The molecule has 2 amide bonds. The molecule has 0 saturated carbocycles. The number of hydrogen-bond donors (Lipinski definition) is 3. The van der Waals surface area contributed by atoms with E-state index in [0.29, 0.717) is 10.8 Å². The highest BCUT2D eigenvalue weighted by Gasteiger charge is 2.06. The summed E-state index contributed by atoms with van der Waals surface area (Å²) < 4.78 is 0. The molecule has 5 nitrogen and oxygen atoms in total. The molecule has 1 unspecified atom stereocenters. The molecule has 0 bridgehead atoms. The number of halogens is 1. The third kappa shape index (κ3) is 4.44. The van der Waals surface area contributed by atoms with Crippen LogP contribution in [0.15, 0.2) is 42.6 Å². The van der Waals surface area contributed by atoms with Crippen molar-refractivity contribution in [2.75, 3.05) is 17.7 Å².